The Bertz CT molecular complexity index is 452. The highest BCUT2D eigenvalue weighted by Gasteiger charge is 2.26. The van der Waals surface area contributed by atoms with Crippen molar-refractivity contribution >= 4 is 5.97 Å². The summed E-state index contributed by atoms with van der Waals surface area (Å²) in [5.74, 6) is 0.664. The number of methoxy groups -OCH3 is 1. The van der Waals surface area contributed by atoms with Crippen LogP contribution in [0.4, 0.5) is 0 Å². The molecule has 0 radical (unpaired) electrons. The number of hydrogen-bond donors (Lipinski definition) is 0. The van der Waals surface area contributed by atoms with E-state index in [4.69, 9.17) is 14.2 Å². The van der Waals surface area contributed by atoms with Crippen molar-refractivity contribution in [2.45, 2.75) is 57.8 Å². The average Bonchev–Trinajstić information content (AvgIpc) is 2.46. The van der Waals surface area contributed by atoms with E-state index in [-0.39, 0.29) is 24.3 Å². The summed E-state index contributed by atoms with van der Waals surface area (Å²) in [5, 5.41) is 0. The van der Waals surface area contributed by atoms with Crippen LogP contribution >= 0.6 is 0 Å². The summed E-state index contributed by atoms with van der Waals surface area (Å²) in [6, 6.07) is 7.93. The van der Waals surface area contributed by atoms with E-state index < -0.39 is 0 Å². The Balaban J connectivity index is 1.92. The summed E-state index contributed by atoms with van der Waals surface area (Å²) >= 11 is 0. The van der Waals surface area contributed by atoms with Gasteiger partial charge in [-0.3, -0.25) is 4.79 Å². The van der Waals surface area contributed by atoms with Gasteiger partial charge in [0.25, 0.3) is 0 Å². The largest absolute Gasteiger partial charge is 0.497 e. The Kier molecular flexibility index (Phi) is 5.62. The summed E-state index contributed by atoms with van der Waals surface area (Å²) < 4.78 is 16.4. The lowest BCUT2D eigenvalue weighted by molar-refractivity contribution is -0.153. The van der Waals surface area contributed by atoms with Crippen LogP contribution in [0, 0.1) is 0 Å². The number of hydrogen-bond acceptors (Lipinski definition) is 4. The summed E-state index contributed by atoms with van der Waals surface area (Å²) in [7, 11) is 1.66. The molecule has 1 heterocycles. The van der Waals surface area contributed by atoms with Crippen molar-refractivity contribution in [3.63, 3.8) is 0 Å². The molecule has 0 unspecified atom stereocenters. The van der Waals surface area contributed by atoms with Crippen LogP contribution in [0.1, 0.15) is 51.2 Å². The summed E-state index contributed by atoms with van der Waals surface area (Å²) in [5.41, 5.74) is 1.14. The third-order valence-electron chi connectivity index (χ3n) is 3.60. The second-order valence-corrected chi connectivity index (χ2v) is 5.69. The van der Waals surface area contributed by atoms with E-state index >= 15 is 0 Å². The van der Waals surface area contributed by atoms with Gasteiger partial charge in [0.1, 0.15) is 5.75 Å². The molecule has 0 aliphatic carbocycles. The quantitative estimate of drug-likeness (QED) is 0.777. The van der Waals surface area contributed by atoms with Crippen LogP contribution in [-0.2, 0) is 14.3 Å². The molecule has 1 aliphatic rings. The molecule has 1 aliphatic heterocycles. The first-order valence-corrected chi connectivity index (χ1v) is 7.57. The third kappa shape index (κ3) is 4.74. The zero-order valence-electron chi connectivity index (χ0n) is 13.0. The van der Waals surface area contributed by atoms with Crippen molar-refractivity contribution in [2.75, 3.05) is 7.11 Å². The van der Waals surface area contributed by atoms with E-state index in [0.717, 1.165) is 30.6 Å². The summed E-state index contributed by atoms with van der Waals surface area (Å²) in [6.45, 7) is 3.72. The highest BCUT2D eigenvalue weighted by atomic mass is 16.5. The summed E-state index contributed by atoms with van der Waals surface area (Å²) in [4.78, 5) is 11.7. The predicted molar refractivity (Wildman–Crippen MR) is 80.3 cm³/mol. The minimum atomic E-state index is -0.176. The Hall–Kier alpha value is -1.55. The lowest BCUT2D eigenvalue weighted by Gasteiger charge is -2.30. The maximum absolute atomic E-state index is 11.7. The smallest absolute Gasteiger partial charge is 0.308 e. The topological polar surface area (TPSA) is 44.8 Å². The number of esters is 1. The normalized spacial score (nSPS) is 22.1. The molecule has 1 saturated heterocycles. The molecule has 4 nitrogen and oxygen atoms in total. The number of carbonyl (C=O) groups is 1. The number of benzene rings is 1. The van der Waals surface area contributed by atoms with Gasteiger partial charge in [0.05, 0.1) is 31.8 Å². The minimum absolute atomic E-state index is 0.0444. The molecular weight excluding hydrogens is 268 g/mol. The van der Waals surface area contributed by atoms with Crippen LogP contribution in [0.25, 0.3) is 0 Å². The molecule has 0 amide bonds. The molecule has 0 N–H and O–H groups in total. The zero-order chi connectivity index (χ0) is 15.2. The standard InChI is InChI=1S/C17H24O4/c1-12(2)20-17(18)11-15-5-4-6-16(21-15)13-7-9-14(19-3)10-8-13/h7-10,12,15-16H,4-6,11H2,1-3H3/t15-,16+/m1/s1. The number of carbonyl (C=O) groups excluding carboxylic acids is 1. The first-order chi connectivity index (χ1) is 10.1. The lowest BCUT2D eigenvalue weighted by atomic mass is 9.97. The Morgan fingerprint density at radius 2 is 2.00 bits per heavy atom. The molecule has 0 spiro atoms. The molecule has 0 saturated carbocycles. The van der Waals surface area contributed by atoms with Gasteiger partial charge in [-0.25, -0.2) is 0 Å². The first-order valence-electron chi connectivity index (χ1n) is 7.57. The van der Waals surface area contributed by atoms with Crippen LogP contribution in [0.15, 0.2) is 24.3 Å². The fourth-order valence-electron chi connectivity index (χ4n) is 2.61. The molecule has 0 bridgehead atoms. The Labute approximate surface area is 126 Å². The molecule has 1 aromatic rings. The molecule has 116 valence electrons. The van der Waals surface area contributed by atoms with E-state index in [0.29, 0.717) is 6.42 Å². The number of ether oxygens (including phenoxy) is 3. The lowest BCUT2D eigenvalue weighted by Crippen LogP contribution is -2.26. The van der Waals surface area contributed by atoms with E-state index in [2.05, 4.69) is 0 Å². The monoisotopic (exact) mass is 292 g/mol. The van der Waals surface area contributed by atoms with Gasteiger partial charge in [-0.1, -0.05) is 12.1 Å². The van der Waals surface area contributed by atoms with Gasteiger partial charge in [-0.05, 0) is 50.8 Å². The first kappa shape index (κ1) is 15.8. The van der Waals surface area contributed by atoms with Gasteiger partial charge in [0.2, 0.25) is 0 Å². The van der Waals surface area contributed by atoms with Gasteiger partial charge in [0.15, 0.2) is 0 Å². The summed E-state index contributed by atoms with van der Waals surface area (Å²) in [6.07, 6.45) is 3.25. The third-order valence-corrected chi connectivity index (χ3v) is 3.60. The molecule has 2 atom stereocenters. The fraction of sp³-hybridized carbons (Fsp3) is 0.588. The van der Waals surface area contributed by atoms with Crippen LogP contribution < -0.4 is 4.74 Å². The van der Waals surface area contributed by atoms with Crippen molar-refractivity contribution in [2.24, 2.45) is 0 Å². The van der Waals surface area contributed by atoms with Crippen molar-refractivity contribution in [3.05, 3.63) is 29.8 Å². The van der Waals surface area contributed by atoms with Gasteiger partial charge < -0.3 is 14.2 Å². The van der Waals surface area contributed by atoms with Crippen LogP contribution in [0.5, 0.6) is 5.75 Å². The molecule has 0 aromatic heterocycles. The minimum Gasteiger partial charge on any atom is -0.497 e. The van der Waals surface area contributed by atoms with Gasteiger partial charge >= 0.3 is 5.97 Å². The molecule has 1 aromatic carbocycles. The SMILES string of the molecule is COc1ccc([C@@H]2CCC[C@H](CC(=O)OC(C)C)O2)cc1. The molecule has 1 fully saturated rings. The molecule has 4 heteroatoms. The van der Waals surface area contributed by atoms with Crippen molar-refractivity contribution in [1.82, 2.24) is 0 Å². The van der Waals surface area contributed by atoms with Crippen molar-refractivity contribution in [3.8, 4) is 5.75 Å². The van der Waals surface area contributed by atoms with Gasteiger partial charge in [-0.15, -0.1) is 0 Å². The maximum Gasteiger partial charge on any atom is 0.308 e. The molecule has 21 heavy (non-hydrogen) atoms. The Morgan fingerprint density at radius 1 is 1.29 bits per heavy atom. The average molecular weight is 292 g/mol. The second kappa shape index (κ2) is 7.46. The van der Waals surface area contributed by atoms with Crippen LogP contribution in [0.2, 0.25) is 0 Å². The van der Waals surface area contributed by atoms with E-state index in [1.165, 1.54) is 0 Å². The molecule has 2 rings (SSSR count). The van der Waals surface area contributed by atoms with E-state index in [1.54, 1.807) is 7.11 Å². The van der Waals surface area contributed by atoms with Gasteiger partial charge in [-0.2, -0.15) is 0 Å². The Morgan fingerprint density at radius 3 is 2.62 bits per heavy atom. The maximum atomic E-state index is 11.7. The van der Waals surface area contributed by atoms with Gasteiger partial charge in [0, 0.05) is 0 Å². The van der Waals surface area contributed by atoms with Crippen LogP contribution in [0.3, 0.4) is 0 Å². The predicted octanol–water partition coefficient (Wildman–Crippen LogP) is 3.65. The highest BCUT2D eigenvalue weighted by Crippen LogP contribution is 2.33. The highest BCUT2D eigenvalue weighted by molar-refractivity contribution is 5.70. The van der Waals surface area contributed by atoms with Crippen molar-refractivity contribution in [1.29, 1.82) is 0 Å². The molecular formula is C17H24O4. The van der Waals surface area contributed by atoms with E-state index in [1.807, 2.05) is 38.1 Å². The second-order valence-electron chi connectivity index (χ2n) is 5.69. The van der Waals surface area contributed by atoms with E-state index in [9.17, 15) is 4.79 Å². The fourth-order valence-corrected chi connectivity index (χ4v) is 2.61. The zero-order valence-corrected chi connectivity index (χ0v) is 13.0. The van der Waals surface area contributed by atoms with Crippen LogP contribution in [-0.4, -0.2) is 25.3 Å². The van der Waals surface area contributed by atoms with Crippen molar-refractivity contribution < 1.29 is 19.0 Å². The number of rotatable bonds is 5.